The van der Waals surface area contributed by atoms with Gasteiger partial charge in [-0.3, -0.25) is 4.98 Å². The maximum absolute atomic E-state index is 5.69. The van der Waals surface area contributed by atoms with Crippen LogP contribution in [0.4, 0.5) is 5.69 Å². The van der Waals surface area contributed by atoms with Crippen LogP contribution in [0.3, 0.4) is 0 Å². The van der Waals surface area contributed by atoms with Crippen LogP contribution in [0.5, 0.6) is 5.75 Å². The van der Waals surface area contributed by atoms with E-state index in [9.17, 15) is 0 Å². The van der Waals surface area contributed by atoms with E-state index in [1.165, 1.54) is 4.88 Å². The van der Waals surface area contributed by atoms with E-state index < -0.39 is 0 Å². The number of rotatable bonds is 4. The molecule has 0 bridgehead atoms. The Labute approximate surface area is 156 Å². The fraction of sp³-hybridized carbons (Fsp3) is 0.158. The third-order valence-corrected chi connectivity index (χ3v) is 5.54. The smallest absolute Gasteiger partial charge is 0.174 e. The molecule has 3 heterocycles. The van der Waals surface area contributed by atoms with Gasteiger partial charge in [-0.25, -0.2) is 0 Å². The van der Waals surface area contributed by atoms with Gasteiger partial charge in [0.2, 0.25) is 0 Å². The predicted octanol–water partition coefficient (Wildman–Crippen LogP) is 4.33. The Morgan fingerprint density at radius 1 is 1.12 bits per heavy atom. The van der Waals surface area contributed by atoms with E-state index in [2.05, 4.69) is 32.7 Å². The Kier molecular flexibility index (Phi) is 4.38. The lowest BCUT2D eigenvalue weighted by Crippen LogP contribution is -2.29. The molecule has 0 aliphatic carbocycles. The van der Waals surface area contributed by atoms with E-state index in [1.54, 1.807) is 18.4 Å². The monoisotopic (exact) mass is 367 g/mol. The second kappa shape index (κ2) is 6.82. The first-order chi connectivity index (χ1) is 12.3. The van der Waals surface area contributed by atoms with Crippen LogP contribution in [0.2, 0.25) is 0 Å². The van der Waals surface area contributed by atoms with Gasteiger partial charge < -0.3 is 15.0 Å². The molecule has 4 nitrogen and oxygen atoms in total. The number of pyridine rings is 1. The number of thiophene rings is 1. The fourth-order valence-electron chi connectivity index (χ4n) is 3.19. The van der Waals surface area contributed by atoms with E-state index in [-0.39, 0.29) is 12.1 Å². The Balaban J connectivity index is 1.84. The summed E-state index contributed by atoms with van der Waals surface area (Å²) in [5.74, 6) is 0.801. The van der Waals surface area contributed by atoms with Crippen LogP contribution in [-0.2, 0) is 0 Å². The molecule has 6 heteroatoms. The van der Waals surface area contributed by atoms with Crippen molar-refractivity contribution in [2.45, 2.75) is 12.1 Å². The molecule has 2 atom stereocenters. The number of anilines is 1. The summed E-state index contributed by atoms with van der Waals surface area (Å²) in [5.41, 5.74) is 1.93. The minimum absolute atomic E-state index is 0.0164. The van der Waals surface area contributed by atoms with E-state index in [0.29, 0.717) is 5.11 Å². The fourth-order valence-corrected chi connectivity index (χ4v) is 4.38. The Hall–Kier alpha value is -2.44. The lowest BCUT2D eigenvalue weighted by molar-refractivity contribution is 0.414. The highest BCUT2D eigenvalue weighted by molar-refractivity contribution is 7.80. The maximum atomic E-state index is 5.69. The number of nitrogens with zero attached hydrogens (tertiary/aromatic N) is 2. The number of benzene rings is 1. The predicted molar refractivity (Wildman–Crippen MR) is 105 cm³/mol. The molecule has 0 spiro atoms. The standard InChI is InChI=1S/C19H17N3OS2/c1-23-15-9-3-2-8-14(15)22-18(16-10-6-12-25-16)17(21-19(22)24)13-7-4-5-11-20-13/h2-12,17-18H,1H3,(H,21,24)/t17-,18+/m1/s1. The molecule has 126 valence electrons. The topological polar surface area (TPSA) is 37.4 Å². The molecule has 3 aromatic rings. The summed E-state index contributed by atoms with van der Waals surface area (Å²) in [6.07, 6.45) is 1.82. The van der Waals surface area contributed by atoms with Crippen LogP contribution in [-0.4, -0.2) is 17.2 Å². The average Bonchev–Trinajstić information content (AvgIpc) is 3.30. The molecule has 0 unspecified atom stereocenters. The van der Waals surface area contributed by atoms with Gasteiger partial charge in [-0.1, -0.05) is 24.3 Å². The SMILES string of the molecule is COc1ccccc1N1C(=S)N[C@H](c2ccccn2)[C@@H]1c1cccs1. The van der Waals surface area contributed by atoms with Gasteiger partial charge in [-0.2, -0.15) is 0 Å². The quantitative estimate of drug-likeness (QED) is 0.695. The first-order valence-corrected chi connectivity index (χ1v) is 9.25. The van der Waals surface area contributed by atoms with Crippen molar-refractivity contribution in [3.8, 4) is 5.75 Å². The highest BCUT2D eigenvalue weighted by atomic mass is 32.1. The van der Waals surface area contributed by atoms with Gasteiger partial charge in [0.25, 0.3) is 0 Å². The van der Waals surface area contributed by atoms with E-state index in [4.69, 9.17) is 17.0 Å². The number of hydrogen-bond donors (Lipinski definition) is 1. The molecule has 1 aromatic carbocycles. The van der Waals surface area contributed by atoms with E-state index in [0.717, 1.165) is 17.1 Å². The molecular formula is C19H17N3OS2. The van der Waals surface area contributed by atoms with Gasteiger partial charge >= 0.3 is 0 Å². The minimum atomic E-state index is -0.0164. The van der Waals surface area contributed by atoms with Crippen molar-refractivity contribution in [3.63, 3.8) is 0 Å². The number of para-hydroxylation sites is 2. The van der Waals surface area contributed by atoms with Crippen LogP contribution in [0.1, 0.15) is 22.7 Å². The number of hydrogen-bond acceptors (Lipinski definition) is 4. The van der Waals surface area contributed by atoms with Crippen molar-refractivity contribution in [1.29, 1.82) is 0 Å². The summed E-state index contributed by atoms with van der Waals surface area (Å²) >= 11 is 7.42. The number of ether oxygens (including phenoxy) is 1. The molecule has 2 aromatic heterocycles. The molecule has 0 saturated carbocycles. The number of nitrogens with one attached hydrogen (secondary N) is 1. The molecular weight excluding hydrogens is 350 g/mol. The zero-order chi connectivity index (χ0) is 17.2. The van der Waals surface area contributed by atoms with Gasteiger partial charge in [-0.15, -0.1) is 11.3 Å². The van der Waals surface area contributed by atoms with Crippen LogP contribution in [0.15, 0.2) is 66.2 Å². The zero-order valence-corrected chi connectivity index (χ0v) is 15.3. The first-order valence-electron chi connectivity index (χ1n) is 7.96. The Bertz CT molecular complexity index is 867. The lowest BCUT2D eigenvalue weighted by Gasteiger charge is -2.28. The number of methoxy groups -OCH3 is 1. The van der Waals surface area contributed by atoms with Crippen molar-refractivity contribution >= 4 is 34.4 Å². The third-order valence-electron chi connectivity index (χ3n) is 4.28. The lowest BCUT2D eigenvalue weighted by atomic mass is 10.0. The zero-order valence-electron chi connectivity index (χ0n) is 13.6. The third kappa shape index (κ3) is 2.88. The van der Waals surface area contributed by atoms with Gasteiger partial charge in [0.15, 0.2) is 5.11 Å². The summed E-state index contributed by atoms with van der Waals surface area (Å²) in [5, 5.41) is 6.22. The van der Waals surface area contributed by atoms with Crippen molar-refractivity contribution in [2.75, 3.05) is 12.0 Å². The van der Waals surface area contributed by atoms with Crippen molar-refractivity contribution in [3.05, 3.63) is 76.7 Å². The van der Waals surface area contributed by atoms with Gasteiger partial charge in [-0.05, 0) is 47.9 Å². The van der Waals surface area contributed by atoms with E-state index >= 15 is 0 Å². The molecule has 4 rings (SSSR count). The molecule has 0 radical (unpaired) electrons. The Morgan fingerprint density at radius 2 is 1.96 bits per heavy atom. The van der Waals surface area contributed by atoms with Crippen molar-refractivity contribution in [1.82, 2.24) is 10.3 Å². The second-order valence-corrected chi connectivity index (χ2v) is 7.05. The van der Waals surface area contributed by atoms with Crippen LogP contribution >= 0.6 is 23.6 Å². The van der Waals surface area contributed by atoms with Crippen LogP contribution < -0.4 is 15.0 Å². The van der Waals surface area contributed by atoms with Crippen LogP contribution in [0.25, 0.3) is 0 Å². The summed E-state index contributed by atoms with van der Waals surface area (Å²) in [6, 6.07) is 18.1. The normalized spacial score (nSPS) is 19.7. The maximum Gasteiger partial charge on any atom is 0.174 e. The molecule has 0 amide bonds. The molecule has 1 aliphatic heterocycles. The molecule has 25 heavy (non-hydrogen) atoms. The number of aromatic nitrogens is 1. The summed E-state index contributed by atoms with van der Waals surface area (Å²) in [7, 11) is 1.68. The summed E-state index contributed by atoms with van der Waals surface area (Å²) in [4.78, 5) is 7.92. The Morgan fingerprint density at radius 3 is 2.68 bits per heavy atom. The van der Waals surface area contributed by atoms with Gasteiger partial charge in [0.05, 0.1) is 30.6 Å². The summed E-state index contributed by atoms with van der Waals surface area (Å²) in [6.45, 7) is 0. The van der Waals surface area contributed by atoms with Crippen molar-refractivity contribution < 1.29 is 4.74 Å². The second-order valence-electron chi connectivity index (χ2n) is 5.68. The minimum Gasteiger partial charge on any atom is -0.495 e. The molecule has 1 aliphatic rings. The average molecular weight is 367 g/mol. The van der Waals surface area contributed by atoms with Crippen molar-refractivity contribution in [2.24, 2.45) is 0 Å². The molecule has 1 fully saturated rings. The molecule has 1 saturated heterocycles. The van der Waals surface area contributed by atoms with Gasteiger partial charge in [0, 0.05) is 11.1 Å². The first kappa shape index (κ1) is 16.1. The molecule has 1 N–H and O–H groups in total. The highest BCUT2D eigenvalue weighted by Crippen LogP contribution is 2.45. The van der Waals surface area contributed by atoms with E-state index in [1.807, 2.05) is 48.7 Å². The largest absolute Gasteiger partial charge is 0.495 e. The van der Waals surface area contributed by atoms with Crippen LogP contribution in [0, 0.1) is 0 Å². The summed E-state index contributed by atoms with van der Waals surface area (Å²) < 4.78 is 5.57. The highest BCUT2D eigenvalue weighted by Gasteiger charge is 2.42. The number of thiocarbonyl (C=S) groups is 1. The van der Waals surface area contributed by atoms with Gasteiger partial charge in [0.1, 0.15) is 5.75 Å².